The highest BCUT2D eigenvalue weighted by molar-refractivity contribution is 14.1. The van der Waals surface area contributed by atoms with Gasteiger partial charge >= 0.3 is 0 Å². The van der Waals surface area contributed by atoms with E-state index in [1.54, 1.807) is 59.2 Å². The summed E-state index contributed by atoms with van der Waals surface area (Å²) in [5.41, 5.74) is 2.07. The maximum absolute atomic E-state index is 13.3. The maximum Gasteiger partial charge on any atom is 0.266 e. The molecule has 0 amide bonds. The lowest BCUT2D eigenvalue weighted by atomic mass is 10.2. The van der Waals surface area contributed by atoms with Crippen molar-refractivity contribution in [2.24, 2.45) is 0 Å². The lowest BCUT2D eigenvalue weighted by Gasteiger charge is -2.12. The molecule has 0 saturated carbocycles. The minimum absolute atomic E-state index is 0.142. The minimum atomic E-state index is -0.142. The number of benzene rings is 3. The highest BCUT2D eigenvalue weighted by Gasteiger charge is 2.11. The van der Waals surface area contributed by atoms with Crippen LogP contribution in [0.4, 0.5) is 0 Å². The molecule has 4 aromatic rings. The summed E-state index contributed by atoms with van der Waals surface area (Å²) in [5, 5.41) is 10.6. The molecule has 0 bridgehead atoms. The Bertz CT molecular complexity index is 1250. The van der Waals surface area contributed by atoms with Crippen molar-refractivity contribution >= 4 is 57.2 Å². The minimum Gasteiger partial charge on any atom is -0.508 e. The van der Waals surface area contributed by atoms with Crippen LogP contribution in [0.2, 0.25) is 5.02 Å². The molecule has 138 valence electrons. The van der Waals surface area contributed by atoms with Crippen molar-refractivity contribution in [2.45, 2.75) is 0 Å². The van der Waals surface area contributed by atoms with Crippen molar-refractivity contribution < 1.29 is 5.11 Å². The maximum atomic E-state index is 13.3. The van der Waals surface area contributed by atoms with Crippen LogP contribution in [0.25, 0.3) is 28.7 Å². The highest BCUT2D eigenvalue weighted by Crippen LogP contribution is 2.19. The molecule has 1 aromatic heterocycles. The van der Waals surface area contributed by atoms with Crippen molar-refractivity contribution in [3.05, 3.63) is 97.1 Å². The molecule has 0 spiro atoms. The van der Waals surface area contributed by atoms with Gasteiger partial charge in [0, 0.05) is 8.59 Å². The molecule has 4 nitrogen and oxygen atoms in total. The van der Waals surface area contributed by atoms with Gasteiger partial charge in [0.15, 0.2) is 0 Å². The Balaban J connectivity index is 1.93. The van der Waals surface area contributed by atoms with Crippen LogP contribution in [0.3, 0.4) is 0 Å². The molecule has 0 aliphatic rings. The smallest absolute Gasteiger partial charge is 0.266 e. The van der Waals surface area contributed by atoms with Gasteiger partial charge in [0.25, 0.3) is 5.56 Å². The molecule has 6 heteroatoms. The van der Waals surface area contributed by atoms with E-state index >= 15 is 0 Å². The third kappa shape index (κ3) is 3.81. The normalized spacial score (nSPS) is 11.4. The summed E-state index contributed by atoms with van der Waals surface area (Å²) in [6.07, 6.45) is 3.64. The standard InChI is InChI=1S/C22H14ClIN2O2/c23-15-4-7-17(8-5-15)26-21(12-3-14-1-9-18(27)10-2-14)25-20-11-6-16(24)13-19(20)22(26)28/h1-13,27H/b12-3+. The number of phenolic OH excluding ortho intramolecular Hbond substituents is 1. The average molecular weight is 501 g/mol. The predicted octanol–water partition coefficient (Wildman–Crippen LogP) is 5.52. The first-order chi connectivity index (χ1) is 13.5. The Labute approximate surface area is 179 Å². The average Bonchev–Trinajstić information content (AvgIpc) is 2.69. The van der Waals surface area contributed by atoms with Crippen LogP contribution in [0.15, 0.2) is 71.5 Å². The number of fused-ring (bicyclic) bond motifs is 1. The Morgan fingerprint density at radius 2 is 1.68 bits per heavy atom. The number of halogens is 2. The van der Waals surface area contributed by atoms with Gasteiger partial charge < -0.3 is 5.11 Å². The van der Waals surface area contributed by atoms with Gasteiger partial charge in [0.2, 0.25) is 0 Å². The van der Waals surface area contributed by atoms with Crippen LogP contribution in [0.5, 0.6) is 5.75 Å². The van der Waals surface area contributed by atoms with Gasteiger partial charge in [0.1, 0.15) is 11.6 Å². The van der Waals surface area contributed by atoms with E-state index in [0.29, 0.717) is 27.4 Å². The number of nitrogens with zero attached hydrogens (tertiary/aromatic N) is 2. The first-order valence-electron chi connectivity index (χ1n) is 8.47. The molecule has 0 atom stereocenters. The summed E-state index contributed by atoms with van der Waals surface area (Å²) in [6, 6.07) is 19.5. The molecule has 0 radical (unpaired) electrons. The third-order valence-electron chi connectivity index (χ3n) is 4.26. The Morgan fingerprint density at radius 1 is 0.964 bits per heavy atom. The van der Waals surface area contributed by atoms with Gasteiger partial charge in [0.05, 0.1) is 16.6 Å². The summed E-state index contributed by atoms with van der Waals surface area (Å²) in [6.45, 7) is 0. The van der Waals surface area contributed by atoms with Gasteiger partial charge in [-0.3, -0.25) is 9.36 Å². The van der Waals surface area contributed by atoms with E-state index in [2.05, 4.69) is 22.6 Å². The van der Waals surface area contributed by atoms with Crippen LogP contribution >= 0.6 is 34.2 Å². The van der Waals surface area contributed by atoms with E-state index in [1.165, 1.54) is 0 Å². The van der Waals surface area contributed by atoms with Crippen LogP contribution in [-0.2, 0) is 0 Å². The van der Waals surface area contributed by atoms with Crippen LogP contribution in [-0.4, -0.2) is 14.7 Å². The predicted molar refractivity (Wildman–Crippen MR) is 122 cm³/mol. The lowest BCUT2D eigenvalue weighted by Crippen LogP contribution is -2.22. The molecule has 0 fully saturated rings. The summed E-state index contributed by atoms with van der Waals surface area (Å²) in [4.78, 5) is 18.0. The van der Waals surface area contributed by atoms with E-state index < -0.39 is 0 Å². The molecule has 28 heavy (non-hydrogen) atoms. The fourth-order valence-electron chi connectivity index (χ4n) is 2.88. The van der Waals surface area contributed by atoms with Gasteiger partial charge in [-0.05, 0) is 88.8 Å². The van der Waals surface area contributed by atoms with Gasteiger partial charge in [-0.2, -0.15) is 0 Å². The second kappa shape index (κ2) is 7.77. The summed E-state index contributed by atoms with van der Waals surface area (Å²) < 4.78 is 2.55. The molecule has 0 unspecified atom stereocenters. The fourth-order valence-corrected chi connectivity index (χ4v) is 3.50. The largest absolute Gasteiger partial charge is 0.508 e. The lowest BCUT2D eigenvalue weighted by molar-refractivity contribution is 0.475. The van der Waals surface area contributed by atoms with Crippen molar-refractivity contribution in [1.29, 1.82) is 0 Å². The monoisotopic (exact) mass is 500 g/mol. The zero-order valence-electron chi connectivity index (χ0n) is 14.5. The number of rotatable bonds is 3. The second-order valence-corrected chi connectivity index (χ2v) is 7.86. The first kappa shape index (κ1) is 18.7. The van der Waals surface area contributed by atoms with Gasteiger partial charge in [-0.25, -0.2) is 4.98 Å². The van der Waals surface area contributed by atoms with Crippen LogP contribution in [0, 0.1) is 3.57 Å². The molecule has 0 aliphatic heterocycles. The summed E-state index contributed by atoms with van der Waals surface area (Å²) >= 11 is 8.19. The highest BCUT2D eigenvalue weighted by atomic mass is 127. The first-order valence-corrected chi connectivity index (χ1v) is 9.92. The van der Waals surface area contributed by atoms with E-state index in [9.17, 15) is 9.90 Å². The van der Waals surface area contributed by atoms with Crippen molar-refractivity contribution in [1.82, 2.24) is 9.55 Å². The number of aromatic nitrogens is 2. The van der Waals surface area contributed by atoms with E-state index in [1.807, 2.05) is 24.3 Å². The Kier molecular flexibility index (Phi) is 5.19. The molecule has 1 heterocycles. The summed E-state index contributed by atoms with van der Waals surface area (Å²) in [5.74, 6) is 0.711. The van der Waals surface area contributed by atoms with Gasteiger partial charge in [-0.1, -0.05) is 29.8 Å². The topological polar surface area (TPSA) is 55.1 Å². The molecule has 3 aromatic carbocycles. The SMILES string of the molecule is O=c1c2cc(I)ccc2nc(/C=C/c2ccc(O)cc2)n1-c1ccc(Cl)cc1. The molecular formula is C22H14ClIN2O2. The molecule has 0 saturated heterocycles. The number of hydrogen-bond donors (Lipinski definition) is 1. The van der Waals surface area contributed by atoms with E-state index in [0.717, 1.165) is 9.13 Å². The van der Waals surface area contributed by atoms with Crippen molar-refractivity contribution in [3.63, 3.8) is 0 Å². The van der Waals surface area contributed by atoms with E-state index in [4.69, 9.17) is 16.6 Å². The third-order valence-corrected chi connectivity index (χ3v) is 5.18. The molecule has 0 aliphatic carbocycles. The van der Waals surface area contributed by atoms with Crippen LogP contribution in [0.1, 0.15) is 11.4 Å². The number of hydrogen-bond acceptors (Lipinski definition) is 3. The number of aromatic hydroxyl groups is 1. The summed E-state index contributed by atoms with van der Waals surface area (Å²) in [7, 11) is 0. The van der Waals surface area contributed by atoms with E-state index in [-0.39, 0.29) is 11.3 Å². The zero-order chi connectivity index (χ0) is 19.7. The number of phenols is 1. The van der Waals surface area contributed by atoms with Gasteiger partial charge in [-0.15, -0.1) is 0 Å². The molecule has 4 rings (SSSR count). The van der Waals surface area contributed by atoms with Crippen molar-refractivity contribution in [3.8, 4) is 11.4 Å². The van der Waals surface area contributed by atoms with Crippen LogP contribution < -0.4 is 5.56 Å². The molecular weight excluding hydrogens is 487 g/mol. The Morgan fingerprint density at radius 3 is 2.39 bits per heavy atom. The fraction of sp³-hybridized carbons (Fsp3) is 0. The zero-order valence-corrected chi connectivity index (χ0v) is 17.4. The molecule has 1 N–H and O–H groups in total. The van der Waals surface area contributed by atoms with Crippen molar-refractivity contribution in [2.75, 3.05) is 0 Å². The quantitative estimate of drug-likeness (QED) is 0.377. The Hall–Kier alpha value is -2.64. The second-order valence-electron chi connectivity index (χ2n) is 6.17.